The van der Waals surface area contributed by atoms with Crippen molar-refractivity contribution in [2.75, 3.05) is 25.1 Å². The molecule has 2 N–H and O–H groups in total. The fourth-order valence-electron chi connectivity index (χ4n) is 1.96. The van der Waals surface area contributed by atoms with E-state index < -0.39 is 12.8 Å². The number of alkyl halides is 3. The largest absolute Gasteiger partial charge is 0.482 e. The number of nitrogens with one attached hydrogen (secondary N) is 1. The average molecular weight is 305 g/mol. The number of anilines is 1. The first-order valence-corrected chi connectivity index (χ1v) is 6.99. The lowest BCUT2D eigenvalue weighted by atomic mass is 9.83. The van der Waals surface area contributed by atoms with Crippen LogP contribution in [0.4, 0.5) is 18.9 Å². The standard InChI is InChI=1S/C15H22F3NO2/c1-3-14(4-2,10-20)9-19-12-7-5-6-8-13(12)21-11-15(16,17)18/h5-8,19-20H,3-4,9-11H2,1-2H3. The van der Waals surface area contributed by atoms with Crippen LogP contribution in [0.2, 0.25) is 0 Å². The summed E-state index contributed by atoms with van der Waals surface area (Å²) in [7, 11) is 0. The van der Waals surface area contributed by atoms with Crippen LogP contribution in [0.15, 0.2) is 24.3 Å². The fourth-order valence-corrected chi connectivity index (χ4v) is 1.96. The van der Waals surface area contributed by atoms with Gasteiger partial charge in [-0.05, 0) is 25.0 Å². The molecule has 0 aliphatic heterocycles. The van der Waals surface area contributed by atoms with E-state index in [1.807, 2.05) is 13.8 Å². The van der Waals surface area contributed by atoms with E-state index in [-0.39, 0.29) is 17.8 Å². The molecule has 6 heteroatoms. The Kier molecular flexibility index (Phi) is 6.33. The Balaban J connectivity index is 2.75. The van der Waals surface area contributed by atoms with Crippen molar-refractivity contribution in [2.45, 2.75) is 32.9 Å². The fraction of sp³-hybridized carbons (Fsp3) is 0.600. The molecule has 120 valence electrons. The smallest absolute Gasteiger partial charge is 0.422 e. The van der Waals surface area contributed by atoms with Crippen molar-refractivity contribution < 1.29 is 23.0 Å². The van der Waals surface area contributed by atoms with Crippen molar-refractivity contribution in [1.82, 2.24) is 0 Å². The van der Waals surface area contributed by atoms with E-state index in [0.717, 1.165) is 12.8 Å². The summed E-state index contributed by atoms with van der Waals surface area (Å²) in [5, 5.41) is 12.6. The molecule has 0 saturated heterocycles. The van der Waals surface area contributed by atoms with Crippen LogP contribution in [0.5, 0.6) is 5.75 Å². The van der Waals surface area contributed by atoms with Crippen LogP contribution in [0, 0.1) is 5.41 Å². The van der Waals surface area contributed by atoms with Gasteiger partial charge < -0.3 is 15.2 Å². The van der Waals surface area contributed by atoms with E-state index in [0.29, 0.717) is 12.2 Å². The van der Waals surface area contributed by atoms with Crippen molar-refractivity contribution in [2.24, 2.45) is 5.41 Å². The maximum Gasteiger partial charge on any atom is 0.422 e. The van der Waals surface area contributed by atoms with Gasteiger partial charge >= 0.3 is 6.18 Å². The molecule has 3 nitrogen and oxygen atoms in total. The molecular formula is C15H22F3NO2. The Morgan fingerprint density at radius 1 is 1.14 bits per heavy atom. The molecule has 0 fully saturated rings. The molecule has 0 saturated carbocycles. The van der Waals surface area contributed by atoms with Gasteiger partial charge in [-0.25, -0.2) is 0 Å². The average Bonchev–Trinajstić information content (AvgIpc) is 2.47. The molecule has 0 atom stereocenters. The Morgan fingerprint density at radius 2 is 1.76 bits per heavy atom. The van der Waals surface area contributed by atoms with Crippen LogP contribution in [0.3, 0.4) is 0 Å². The molecule has 0 aromatic heterocycles. The van der Waals surface area contributed by atoms with Gasteiger partial charge in [-0.3, -0.25) is 0 Å². The first-order chi connectivity index (χ1) is 9.86. The number of rotatable bonds is 8. The molecule has 0 aliphatic carbocycles. The van der Waals surface area contributed by atoms with Gasteiger partial charge in [-0.15, -0.1) is 0 Å². The first kappa shape index (κ1) is 17.6. The van der Waals surface area contributed by atoms with E-state index in [4.69, 9.17) is 4.74 Å². The molecule has 1 aromatic rings. The van der Waals surface area contributed by atoms with Crippen molar-refractivity contribution in [3.05, 3.63) is 24.3 Å². The second kappa shape index (κ2) is 7.54. The first-order valence-electron chi connectivity index (χ1n) is 6.99. The summed E-state index contributed by atoms with van der Waals surface area (Å²) in [5.74, 6) is 0.161. The number of halogens is 3. The maximum atomic E-state index is 12.2. The Hall–Kier alpha value is -1.43. The highest BCUT2D eigenvalue weighted by Gasteiger charge is 2.29. The van der Waals surface area contributed by atoms with Crippen LogP contribution >= 0.6 is 0 Å². The van der Waals surface area contributed by atoms with Gasteiger partial charge in [0.05, 0.1) is 12.3 Å². The summed E-state index contributed by atoms with van der Waals surface area (Å²) >= 11 is 0. The van der Waals surface area contributed by atoms with Gasteiger partial charge in [0.25, 0.3) is 0 Å². The van der Waals surface area contributed by atoms with E-state index in [9.17, 15) is 18.3 Å². The third kappa shape index (κ3) is 5.46. The molecule has 0 bridgehead atoms. The van der Waals surface area contributed by atoms with Crippen LogP contribution in [-0.4, -0.2) is 31.0 Å². The number of para-hydroxylation sites is 2. The number of benzene rings is 1. The molecule has 0 unspecified atom stereocenters. The monoisotopic (exact) mass is 305 g/mol. The summed E-state index contributed by atoms with van der Waals surface area (Å²) in [6.45, 7) is 3.14. The summed E-state index contributed by atoms with van der Waals surface area (Å²) in [4.78, 5) is 0. The number of ether oxygens (including phenoxy) is 1. The Bertz CT molecular complexity index is 423. The predicted molar refractivity (Wildman–Crippen MR) is 76.6 cm³/mol. The number of hydrogen-bond donors (Lipinski definition) is 2. The third-order valence-corrected chi connectivity index (χ3v) is 3.77. The lowest BCUT2D eigenvalue weighted by Gasteiger charge is -2.30. The second-order valence-electron chi connectivity index (χ2n) is 5.12. The topological polar surface area (TPSA) is 41.5 Å². The number of aliphatic hydroxyl groups is 1. The summed E-state index contributed by atoms with van der Waals surface area (Å²) in [6, 6.07) is 6.50. The van der Waals surface area contributed by atoms with E-state index in [1.165, 1.54) is 6.07 Å². The van der Waals surface area contributed by atoms with Crippen molar-refractivity contribution in [3.63, 3.8) is 0 Å². The molecule has 1 aromatic carbocycles. The van der Waals surface area contributed by atoms with Gasteiger partial charge in [-0.2, -0.15) is 13.2 Å². The van der Waals surface area contributed by atoms with Gasteiger partial charge in [0.15, 0.2) is 6.61 Å². The zero-order valence-electron chi connectivity index (χ0n) is 12.3. The van der Waals surface area contributed by atoms with Crippen molar-refractivity contribution in [1.29, 1.82) is 0 Å². The van der Waals surface area contributed by atoms with Gasteiger partial charge in [0.2, 0.25) is 0 Å². The molecule has 0 amide bonds. The molecule has 21 heavy (non-hydrogen) atoms. The number of aliphatic hydroxyl groups excluding tert-OH is 1. The highest BCUT2D eigenvalue weighted by atomic mass is 19.4. The van der Waals surface area contributed by atoms with Crippen LogP contribution in [0.1, 0.15) is 26.7 Å². The molecular weight excluding hydrogens is 283 g/mol. The zero-order valence-corrected chi connectivity index (χ0v) is 12.3. The van der Waals surface area contributed by atoms with Gasteiger partial charge in [-0.1, -0.05) is 26.0 Å². The van der Waals surface area contributed by atoms with Crippen LogP contribution in [-0.2, 0) is 0 Å². The lowest BCUT2D eigenvalue weighted by molar-refractivity contribution is -0.153. The Morgan fingerprint density at radius 3 is 2.29 bits per heavy atom. The van der Waals surface area contributed by atoms with Crippen molar-refractivity contribution >= 4 is 5.69 Å². The van der Waals surface area contributed by atoms with Crippen LogP contribution < -0.4 is 10.1 Å². The third-order valence-electron chi connectivity index (χ3n) is 3.77. The Labute approximate surface area is 123 Å². The minimum absolute atomic E-state index is 0.0264. The second-order valence-corrected chi connectivity index (χ2v) is 5.12. The SMILES string of the molecule is CCC(CC)(CO)CNc1ccccc1OCC(F)(F)F. The lowest BCUT2D eigenvalue weighted by Crippen LogP contribution is -2.32. The summed E-state index contributed by atoms with van der Waals surface area (Å²) in [5.41, 5.74) is 0.221. The molecule has 1 rings (SSSR count). The maximum absolute atomic E-state index is 12.2. The zero-order chi connectivity index (χ0) is 15.9. The van der Waals surface area contributed by atoms with E-state index in [1.54, 1.807) is 18.2 Å². The molecule has 0 radical (unpaired) electrons. The molecule has 0 aliphatic rings. The number of hydrogen-bond acceptors (Lipinski definition) is 3. The highest BCUT2D eigenvalue weighted by Crippen LogP contribution is 2.30. The predicted octanol–water partition coefficient (Wildman–Crippen LogP) is 3.84. The highest BCUT2D eigenvalue weighted by molar-refractivity contribution is 5.56. The van der Waals surface area contributed by atoms with Gasteiger partial charge in [0.1, 0.15) is 5.75 Å². The minimum Gasteiger partial charge on any atom is -0.482 e. The minimum atomic E-state index is -4.37. The molecule has 0 spiro atoms. The molecule has 0 heterocycles. The quantitative estimate of drug-likeness (QED) is 0.767. The normalized spacial score (nSPS) is 12.3. The van der Waals surface area contributed by atoms with E-state index >= 15 is 0 Å². The summed E-state index contributed by atoms with van der Waals surface area (Å²) in [6.07, 6.45) is -2.81. The van der Waals surface area contributed by atoms with Crippen molar-refractivity contribution in [3.8, 4) is 5.75 Å². The summed E-state index contributed by atoms with van der Waals surface area (Å²) < 4.78 is 41.5. The van der Waals surface area contributed by atoms with Gasteiger partial charge in [0, 0.05) is 12.0 Å². The van der Waals surface area contributed by atoms with Crippen LogP contribution in [0.25, 0.3) is 0 Å². The van der Waals surface area contributed by atoms with E-state index in [2.05, 4.69) is 5.32 Å².